The fraction of sp³-hybridized carbons (Fsp3) is 0.0714. The van der Waals surface area contributed by atoms with Crippen molar-refractivity contribution in [3.05, 3.63) is 70.8 Å². The molecule has 0 radical (unpaired) electrons. The van der Waals surface area contributed by atoms with Crippen molar-refractivity contribution in [2.24, 2.45) is 0 Å². The van der Waals surface area contributed by atoms with Crippen molar-refractivity contribution in [2.45, 2.75) is 6.92 Å². The predicted octanol–water partition coefficient (Wildman–Crippen LogP) is 3.50. The molecule has 0 unspecified atom stereocenters. The molecule has 86 valence electrons. The van der Waals surface area contributed by atoms with E-state index in [4.69, 9.17) is 0 Å². The Kier molecular flexibility index (Phi) is 3.00. The Morgan fingerprint density at radius 1 is 1.00 bits per heavy atom. The summed E-state index contributed by atoms with van der Waals surface area (Å²) in [5, 5.41) is 0. The lowest BCUT2D eigenvalue weighted by molar-refractivity contribution is 0.103. The summed E-state index contributed by atoms with van der Waals surface area (Å²) in [5.41, 5.74) is 0.910. The minimum Gasteiger partial charge on any atom is -0.289 e. The van der Waals surface area contributed by atoms with Gasteiger partial charge < -0.3 is 0 Å². The summed E-state index contributed by atoms with van der Waals surface area (Å²) in [7, 11) is 0. The molecular weight excluding hydrogens is 222 g/mol. The molecule has 0 saturated heterocycles. The third-order valence-electron chi connectivity index (χ3n) is 2.52. The second kappa shape index (κ2) is 4.45. The third-order valence-corrected chi connectivity index (χ3v) is 2.52. The molecule has 0 saturated carbocycles. The minimum absolute atomic E-state index is 0.216. The van der Waals surface area contributed by atoms with Crippen LogP contribution in [0.15, 0.2) is 42.5 Å². The molecule has 0 heterocycles. The van der Waals surface area contributed by atoms with Gasteiger partial charge in [-0.15, -0.1) is 0 Å². The Labute approximate surface area is 97.7 Å². The summed E-state index contributed by atoms with van der Waals surface area (Å²) in [6, 6.07) is 9.58. The van der Waals surface area contributed by atoms with Crippen molar-refractivity contribution >= 4 is 5.78 Å². The van der Waals surface area contributed by atoms with E-state index in [1.165, 1.54) is 36.4 Å². The molecule has 3 heteroatoms. The topological polar surface area (TPSA) is 17.1 Å². The van der Waals surface area contributed by atoms with Crippen LogP contribution < -0.4 is 0 Å². The second-order valence-electron chi connectivity index (χ2n) is 3.80. The summed E-state index contributed by atoms with van der Waals surface area (Å²) in [4.78, 5) is 11.9. The highest BCUT2D eigenvalue weighted by Gasteiger charge is 2.11. The van der Waals surface area contributed by atoms with Crippen molar-refractivity contribution in [3.8, 4) is 0 Å². The second-order valence-corrected chi connectivity index (χ2v) is 3.80. The van der Waals surface area contributed by atoms with Crippen molar-refractivity contribution in [3.63, 3.8) is 0 Å². The van der Waals surface area contributed by atoms with Crippen LogP contribution in [-0.2, 0) is 0 Å². The number of ketones is 1. The van der Waals surface area contributed by atoms with Crippen LogP contribution in [0, 0.1) is 18.6 Å². The maximum absolute atomic E-state index is 13.3. The number of carbonyl (C=O) groups excluding carboxylic acids is 1. The fourth-order valence-electron chi connectivity index (χ4n) is 1.53. The molecule has 17 heavy (non-hydrogen) atoms. The van der Waals surface area contributed by atoms with E-state index < -0.39 is 11.6 Å². The van der Waals surface area contributed by atoms with E-state index in [1.54, 1.807) is 6.92 Å². The molecule has 0 bridgehead atoms. The van der Waals surface area contributed by atoms with Crippen LogP contribution in [0.4, 0.5) is 8.78 Å². The number of rotatable bonds is 2. The largest absolute Gasteiger partial charge is 0.289 e. The molecule has 2 aromatic rings. The highest BCUT2D eigenvalue weighted by molar-refractivity contribution is 6.08. The fourth-order valence-corrected chi connectivity index (χ4v) is 1.53. The first-order chi connectivity index (χ1) is 8.08. The normalized spacial score (nSPS) is 10.3. The van der Waals surface area contributed by atoms with Crippen LogP contribution in [-0.4, -0.2) is 5.78 Å². The Bertz CT molecular complexity index is 576. The molecular formula is C14H10F2O. The Morgan fingerprint density at radius 3 is 2.35 bits per heavy atom. The number of hydrogen-bond acceptors (Lipinski definition) is 1. The maximum atomic E-state index is 13.3. The number of aryl methyl sites for hydroxylation is 1. The van der Waals surface area contributed by atoms with Gasteiger partial charge in [-0.2, -0.15) is 0 Å². The van der Waals surface area contributed by atoms with E-state index in [0.29, 0.717) is 5.56 Å². The molecule has 1 nitrogen and oxygen atoms in total. The first-order valence-corrected chi connectivity index (χ1v) is 5.14. The van der Waals surface area contributed by atoms with E-state index in [9.17, 15) is 13.6 Å². The zero-order valence-electron chi connectivity index (χ0n) is 9.21. The number of halogens is 2. The zero-order valence-corrected chi connectivity index (χ0v) is 9.21. The predicted molar refractivity (Wildman–Crippen MR) is 61.0 cm³/mol. The standard InChI is InChI=1S/C14H10F2O/c1-9-5-6-11(8-13(9)16)14(17)10-3-2-4-12(15)7-10/h2-8H,1H3. The molecule has 0 atom stereocenters. The van der Waals surface area contributed by atoms with Crippen LogP contribution in [0.25, 0.3) is 0 Å². The monoisotopic (exact) mass is 232 g/mol. The van der Waals surface area contributed by atoms with Crippen LogP contribution in [0.1, 0.15) is 21.5 Å². The smallest absolute Gasteiger partial charge is 0.193 e. The molecule has 0 fully saturated rings. The third kappa shape index (κ3) is 2.38. The van der Waals surface area contributed by atoms with Crippen molar-refractivity contribution in [1.29, 1.82) is 0 Å². The number of hydrogen-bond donors (Lipinski definition) is 0. The van der Waals surface area contributed by atoms with Gasteiger partial charge >= 0.3 is 0 Å². The van der Waals surface area contributed by atoms with Crippen LogP contribution in [0.2, 0.25) is 0 Å². The van der Waals surface area contributed by atoms with Crippen molar-refractivity contribution < 1.29 is 13.6 Å². The SMILES string of the molecule is Cc1ccc(C(=O)c2cccc(F)c2)cc1F. The van der Waals surface area contributed by atoms with Crippen LogP contribution in [0.3, 0.4) is 0 Å². The molecule has 0 aliphatic carbocycles. The molecule has 2 aromatic carbocycles. The molecule has 0 N–H and O–H groups in total. The molecule has 0 spiro atoms. The molecule has 2 rings (SSSR count). The first-order valence-electron chi connectivity index (χ1n) is 5.14. The lowest BCUT2D eigenvalue weighted by atomic mass is 10.0. The van der Waals surface area contributed by atoms with E-state index in [2.05, 4.69) is 0 Å². The number of carbonyl (C=O) groups is 1. The van der Waals surface area contributed by atoms with Crippen molar-refractivity contribution in [2.75, 3.05) is 0 Å². The quantitative estimate of drug-likeness (QED) is 0.724. The minimum atomic E-state index is -0.483. The van der Waals surface area contributed by atoms with Gasteiger partial charge in [0.05, 0.1) is 0 Å². The van der Waals surface area contributed by atoms with Gasteiger partial charge in [-0.25, -0.2) is 8.78 Å². The van der Waals surface area contributed by atoms with Gasteiger partial charge in [0.1, 0.15) is 11.6 Å². The Morgan fingerprint density at radius 2 is 1.71 bits per heavy atom. The highest BCUT2D eigenvalue weighted by Crippen LogP contribution is 2.14. The lowest BCUT2D eigenvalue weighted by Gasteiger charge is -2.03. The summed E-state index contributed by atoms with van der Waals surface area (Å²) < 4.78 is 26.3. The van der Waals surface area contributed by atoms with Gasteiger partial charge in [0.25, 0.3) is 0 Å². The Balaban J connectivity index is 2.40. The van der Waals surface area contributed by atoms with Gasteiger partial charge in [-0.1, -0.05) is 24.3 Å². The van der Waals surface area contributed by atoms with Gasteiger partial charge in [0.2, 0.25) is 0 Å². The van der Waals surface area contributed by atoms with E-state index >= 15 is 0 Å². The first kappa shape index (κ1) is 11.5. The summed E-state index contributed by atoms with van der Waals surface area (Å²) >= 11 is 0. The maximum Gasteiger partial charge on any atom is 0.193 e. The highest BCUT2D eigenvalue weighted by atomic mass is 19.1. The zero-order chi connectivity index (χ0) is 12.4. The van der Waals surface area contributed by atoms with Crippen LogP contribution in [0.5, 0.6) is 0 Å². The average Bonchev–Trinajstić information content (AvgIpc) is 2.32. The number of benzene rings is 2. The summed E-state index contributed by atoms with van der Waals surface area (Å²) in [6.45, 7) is 1.62. The average molecular weight is 232 g/mol. The molecule has 0 amide bonds. The molecule has 0 aliphatic heterocycles. The van der Waals surface area contributed by atoms with Gasteiger partial charge in [-0.3, -0.25) is 4.79 Å². The van der Waals surface area contributed by atoms with Gasteiger partial charge in [0.15, 0.2) is 5.78 Å². The van der Waals surface area contributed by atoms with E-state index in [1.807, 2.05) is 0 Å². The van der Waals surface area contributed by atoms with Crippen molar-refractivity contribution in [1.82, 2.24) is 0 Å². The summed E-state index contributed by atoms with van der Waals surface area (Å²) in [5.74, 6) is -1.31. The van der Waals surface area contributed by atoms with Gasteiger partial charge in [-0.05, 0) is 30.7 Å². The van der Waals surface area contributed by atoms with Crippen LogP contribution >= 0.6 is 0 Å². The Hall–Kier alpha value is -2.03. The van der Waals surface area contributed by atoms with Gasteiger partial charge in [0, 0.05) is 11.1 Å². The molecule has 0 aliphatic rings. The van der Waals surface area contributed by atoms with E-state index in [0.717, 1.165) is 6.07 Å². The van der Waals surface area contributed by atoms with E-state index in [-0.39, 0.29) is 16.9 Å². The lowest BCUT2D eigenvalue weighted by Crippen LogP contribution is -2.02. The molecule has 0 aromatic heterocycles. The summed E-state index contributed by atoms with van der Waals surface area (Å²) in [6.07, 6.45) is 0.